The molecular weight excluding hydrogens is 364 g/mol. The molecule has 144 valence electrons. The van der Waals surface area contributed by atoms with E-state index in [0.717, 1.165) is 5.56 Å². The molecule has 6 nitrogen and oxygen atoms in total. The molecule has 1 aliphatic rings. The van der Waals surface area contributed by atoms with Gasteiger partial charge >= 0.3 is 0 Å². The Morgan fingerprint density at radius 2 is 1.96 bits per heavy atom. The lowest BCUT2D eigenvalue weighted by atomic mass is 9.98. The number of nitrogens with one attached hydrogen (secondary N) is 1. The lowest BCUT2D eigenvalue weighted by molar-refractivity contribution is -0.120. The molecule has 1 aliphatic heterocycles. The van der Waals surface area contributed by atoms with Crippen LogP contribution in [0.5, 0.6) is 5.75 Å². The van der Waals surface area contributed by atoms with Crippen molar-refractivity contribution in [2.45, 2.75) is 18.6 Å². The number of carbonyl (C=O) groups excluding carboxylic acids is 1. The fourth-order valence-electron chi connectivity index (χ4n) is 3.23. The highest BCUT2D eigenvalue weighted by Gasteiger charge is 2.32. The van der Waals surface area contributed by atoms with Crippen LogP contribution in [0.15, 0.2) is 54.6 Å². The molecule has 0 bridgehead atoms. The Balaban J connectivity index is 1.65. The van der Waals surface area contributed by atoms with Gasteiger partial charge < -0.3 is 10.1 Å². The Morgan fingerprint density at radius 1 is 1.19 bits per heavy atom. The number of ether oxygens (including phenoxy) is 1. The van der Waals surface area contributed by atoms with E-state index in [4.69, 9.17) is 4.74 Å². The van der Waals surface area contributed by atoms with Crippen molar-refractivity contribution < 1.29 is 17.9 Å². The number of anilines is 1. The molecule has 2 aromatic rings. The number of hydrogen-bond donors (Lipinski definition) is 1. The lowest BCUT2D eigenvalue weighted by Gasteiger charge is -2.31. The van der Waals surface area contributed by atoms with E-state index in [1.165, 1.54) is 4.31 Å². The van der Waals surface area contributed by atoms with Crippen molar-refractivity contribution in [1.82, 2.24) is 4.31 Å². The Labute approximate surface area is 160 Å². The Morgan fingerprint density at radius 3 is 2.70 bits per heavy atom. The Kier molecular flexibility index (Phi) is 6.13. The third-order valence-corrected chi connectivity index (χ3v) is 6.49. The van der Waals surface area contributed by atoms with Crippen molar-refractivity contribution in [2.24, 2.45) is 5.92 Å². The third-order valence-electron chi connectivity index (χ3n) is 4.68. The first-order chi connectivity index (χ1) is 13.0. The van der Waals surface area contributed by atoms with Gasteiger partial charge in [0.1, 0.15) is 5.75 Å². The van der Waals surface area contributed by atoms with Gasteiger partial charge in [-0.3, -0.25) is 4.79 Å². The van der Waals surface area contributed by atoms with Crippen LogP contribution in [-0.2, 0) is 20.6 Å². The molecule has 0 aromatic heterocycles. The zero-order valence-corrected chi connectivity index (χ0v) is 16.1. The standard InChI is InChI=1S/C20H24N2O4S/c1-26-19-11-5-10-18(13-19)21-20(23)17-9-6-12-22(14-17)27(24,25)15-16-7-3-2-4-8-16/h2-5,7-8,10-11,13,17H,6,9,12,14-15H2,1H3,(H,21,23)/t17-/m1/s1. The van der Waals surface area contributed by atoms with Crippen LogP contribution < -0.4 is 10.1 Å². The van der Waals surface area contributed by atoms with Crippen LogP contribution in [0.1, 0.15) is 18.4 Å². The average molecular weight is 388 g/mol. The topological polar surface area (TPSA) is 75.7 Å². The van der Waals surface area contributed by atoms with Crippen LogP contribution in [-0.4, -0.2) is 38.8 Å². The average Bonchev–Trinajstić information content (AvgIpc) is 2.68. The van der Waals surface area contributed by atoms with Gasteiger partial charge in [0.2, 0.25) is 15.9 Å². The second kappa shape index (κ2) is 8.54. The summed E-state index contributed by atoms with van der Waals surface area (Å²) in [6.07, 6.45) is 1.34. The first-order valence-electron chi connectivity index (χ1n) is 8.94. The van der Waals surface area contributed by atoms with Crippen LogP contribution in [0.3, 0.4) is 0 Å². The number of piperidine rings is 1. The SMILES string of the molecule is COc1cccc(NC(=O)[C@@H]2CCCN(S(=O)(=O)Cc3ccccc3)C2)c1. The van der Waals surface area contributed by atoms with Gasteiger partial charge in [-0.25, -0.2) is 12.7 Å². The molecule has 0 spiro atoms. The van der Waals surface area contributed by atoms with Crippen LogP contribution >= 0.6 is 0 Å². The molecule has 1 atom stereocenters. The van der Waals surface area contributed by atoms with Gasteiger partial charge in [0.15, 0.2) is 0 Å². The van der Waals surface area contributed by atoms with Gasteiger partial charge in [0.05, 0.1) is 18.8 Å². The summed E-state index contributed by atoms with van der Waals surface area (Å²) in [6, 6.07) is 16.2. The molecule has 3 rings (SSSR count). The number of sulfonamides is 1. The zero-order chi connectivity index (χ0) is 19.3. The summed E-state index contributed by atoms with van der Waals surface area (Å²) in [5.41, 5.74) is 1.39. The van der Waals surface area contributed by atoms with Crippen molar-refractivity contribution >= 4 is 21.6 Å². The van der Waals surface area contributed by atoms with Crippen LogP contribution in [0.25, 0.3) is 0 Å². The Hall–Kier alpha value is -2.38. The monoisotopic (exact) mass is 388 g/mol. The second-order valence-electron chi connectivity index (χ2n) is 6.66. The third kappa shape index (κ3) is 5.08. The van der Waals surface area contributed by atoms with E-state index < -0.39 is 10.0 Å². The quantitative estimate of drug-likeness (QED) is 0.826. The minimum absolute atomic E-state index is 0.0436. The highest BCUT2D eigenvalue weighted by molar-refractivity contribution is 7.88. The summed E-state index contributed by atoms with van der Waals surface area (Å²) < 4.78 is 32.1. The molecule has 0 aliphatic carbocycles. The second-order valence-corrected chi connectivity index (χ2v) is 8.63. The van der Waals surface area contributed by atoms with E-state index in [9.17, 15) is 13.2 Å². The van der Waals surface area contributed by atoms with Crippen molar-refractivity contribution in [1.29, 1.82) is 0 Å². The first-order valence-corrected chi connectivity index (χ1v) is 10.6. The highest BCUT2D eigenvalue weighted by Crippen LogP contribution is 2.24. The van der Waals surface area contributed by atoms with E-state index in [2.05, 4.69) is 5.32 Å². The van der Waals surface area contributed by atoms with E-state index in [0.29, 0.717) is 30.8 Å². The molecule has 1 amide bonds. The number of hydrogen-bond acceptors (Lipinski definition) is 4. The summed E-state index contributed by atoms with van der Waals surface area (Å²) in [5, 5.41) is 2.87. The van der Waals surface area contributed by atoms with E-state index >= 15 is 0 Å². The number of carbonyl (C=O) groups is 1. The molecular formula is C20H24N2O4S. The maximum Gasteiger partial charge on any atom is 0.228 e. The van der Waals surface area contributed by atoms with Crippen LogP contribution in [0.2, 0.25) is 0 Å². The molecule has 2 aromatic carbocycles. The van der Waals surface area contributed by atoms with Gasteiger partial charge in [-0.15, -0.1) is 0 Å². The number of benzene rings is 2. The van der Waals surface area contributed by atoms with Crippen LogP contribution in [0, 0.1) is 5.92 Å². The fraction of sp³-hybridized carbons (Fsp3) is 0.350. The highest BCUT2D eigenvalue weighted by atomic mass is 32.2. The molecule has 0 radical (unpaired) electrons. The number of rotatable bonds is 6. The Bertz CT molecular complexity index is 884. The minimum Gasteiger partial charge on any atom is -0.497 e. The van der Waals surface area contributed by atoms with Gasteiger partial charge in [-0.1, -0.05) is 36.4 Å². The predicted octanol–water partition coefficient (Wildman–Crippen LogP) is 2.88. The molecule has 1 heterocycles. The van der Waals surface area contributed by atoms with Gasteiger partial charge in [0.25, 0.3) is 0 Å². The fourth-order valence-corrected chi connectivity index (χ4v) is 4.84. The molecule has 1 fully saturated rings. The van der Waals surface area contributed by atoms with Gasteiger partial charge in [-0.2, -0.15) is 0 Å². The summed E-state index contributed by atoms with van der Waals surface area (Å²) in [5.74, 6) is 0.0831. The zero-order valence-electron chi connectivity index (χ0n) is 15.3. The molecule has 1 N–H and O–H groups in total. The molecule has 27 heavy (non-hydrogen) atoms. The first kappa shape index (κ1) is 19.4. The smallest absolute Gasteiger partial charge is 0.228 e. The van der Waals surface area contributed by atoms with E-state index in [1.54, 1.807) is 43.5 Å². The maximum atomic E-state index is 12.7. The maximum absolute atomic E-state index is 12.7. The molecule has 0 saturated carbocycles. The van der Waals surface area contributed by atoms with Crippen molar-refractivity contribution in [3.8, 4) is 5.75 Å². The number of amides is 1. The molecule has 1 saturated heterocycles. The number of nitrogens with zero attached hydrogens (tertiary/aromatic N) is 1. The predicted molar refractivity (Wildman–Crippen MR) is 105 cm³/mol. The number of methoxy groups -OCH3 is 1. The van der Waals surface area contributed by atoms with E-state index in [-0.39, 0.29) is 24.1 Å². The largest absolute Gasteiger partial charge is 0.497 e. The summed E-state index contributed by atoms with van der Waals surface area (Å²) >= 11 is 0. The van der Waals surface area contributed by atoms with Crippen molar-refractivity contribution in [3.63, 3.8) is 0 Å². The van der Waals surface area contributed by atoms with Crippen LogP contribution in [0.4, 0.5) is 5.69 Å². The van der Waals surface area contributed by atoms with Gasteiger partial charge in [0, 0.05) is 24.8 Å². The van der Waals surface area contributed by atoms with Crippen molar-refractivity contribution in [2.75, 3.05) is 25.5 Å². The van der Waals surface area contributed by atoms with Gasteiger partial charge in [-0.05, 0) is 30.5 Å². The van der Waals surface area contributed by atoms with E-state index in [1.807, 2.05) is 18.2 Å². The molecule has 0 unspecified atom stereocenters. The lowest BCUT2D eigenvalue weighted by Crippen LogP contribution is -2.44. The molecule has 7 heteroatoms. The summed E-state index contributed by atoms with van der Waals surface area (Å²) in [6.45, 7) is 0.670. The summed E-state index contributed by atoms with van der Waals surface area (Å²) in [4.78, 5) is 12.6. The minimum atomic E-state index is -3.45. The normalized spacial score (nSPS) is 18.0. The van der Waals surface area contributed by atoms with Crippen molar-refractivity contribution in [3.05, 3.63) is 60.2 Å². The summed E-state index contributed by atoms with van der Waals surface area (Å²) in [7, 11) is -1.89.